The summed E-state index contributed by atoms with van der Waals surface area (Å²) in [4.78, 5) is 37.1. The average Bonchev–Trinajstić information content (AvgIpc) is 3.21. The van der Waals surface area contributed by atoms with Gasteiger partial charge in [-0.15, -0.1) is 0 Å². The van der Waals surface area contributed by atoms with Crippen molar-refractivity contribution in [2.45, 2.75) is 6.42 Å². The zero-order chi connectivity index (χ0) is 16.3. The van der Waals surface area contributed by atoms with E-state index in [0.717, 1.165) is 11.3 Å². The number of methoxy groups -OCH3 is 1. The van der Waals surface area contributed by atoms with Gasteiger partial charge in [0.15, 0.2) is 0 Å². The van der Waals surface area contributed by atoms with Gasteiger partial charge in [0, 0.05) is 12.1 Å². The Morgan fingerprint density at radius 1 is 1.17 bits per heavy atom. The number of amides is 2. The van der Waals surface area contributed by atoms with E-state index in [0.29, 0.717) is 0 Å². The summed E-state index contributed by atoms with van der Waals surface area (Å²) >= 11 is 0. The lowest BCUT2D eigenvalue weighted by Crippen LogP contribution is -2.33. The number of imide groups is 1. The second-order valence-corrected chi connectivity index (χ2v) is 6.13. The minimum absolute atomic E-state index is 0.0937. The van der Waals surface area contributed by atoms with Crippen LogP contribution in [0.5, 0.6) is 5.75 Å². The first-order valence-electron chi connectivity index (χ1n) is 7.41. The van der Waals surface area contributed by atoms with Crippen molar-refractivity contribution in [2.24, 2.45) is 23.7 Å². The zero-order valence-corrected chi connectivity index (χ0v) is 12.3. The third-order valence-corrected chi connectivity index (χ3v) is 5.08. The van der Waals surface area contributed by atoms with E-state index in [1.54, 1.807) is 0 Å². The number of nitro benzene ring substituents is 1. The van der Waals surface area contributed by atoms with Gasteiger partial charge in [0.25, 0.3) is 5.69 Å². The third-order valence-electron chi connectivity index (χ3n) is 5.08. The number of nitro groups is 1. The van der Waals surface area contributed by atoms with E-state index in [4.69, 9.17) is 4.74 Å². The van der Waals surface area contributed by atoms with E-state index in [1.165, 1.54) is 25.3 Å². The summed E-state index contributed by atoms with van der Waals surface area (Å²) < 4.78 is 5.20. The molecular weight excluding hydrogens is 300 g/mol. The number of non-ortho nitro benzene ring substituents is 1. The normalized spacial score (nSPS) is 30.9. The van der Waals surface area contributed by atoms with Crippen LogP contribution in [0.15, 0.2) is 30.4 Å². The molecule has 1 aromatic carbocycles. The van der Waals surface area contributed by atoms with Crippen molar-refractivity contribution < 1.29 is 19.2 Å². The van der Waals surface area contributed by atoms with Crippen LogP contribution >= 0.6 is 0 Å². The smallest absolute Gasteiger partial charge is 0.271 e. The second-order valence-electron chi connectivity index (χ2n) is 6.13. The predicted octanol–water partition coefficient (Wildman–Crippen LogP) is 1.91. The number of rotatable bonds is 3. The molecule has 1 aliphatic heterocycles. The highest BCUT2D eigenvalue weighted by Gasteiger charge is 2.60. The van der Waals surface area contributed by atoms with E-state index in [9.17, 15) is 19.7 Å². The van der Waals surface area contributed by atoms with Crippen molar-refractivity contribution in [3.63, 3.8) is 0 Å². The lowest BCUT2D eigenvalue weighted by molar-refractivity contribution is -0.384. The highest BCUT2D eigenvalue weighted by atomic mass is 16.6. The topological polar surface area (TPSA) is 89.8 Å². The summed E-state index contributed by atoms with van der Waals surface area (Å²) in [6.07, 6.45) is 4.85. The Morgan fingerprint density at radius 2 is 1.78 bits per heavy atom. The summed E-state index contributed by atoms with van der Waals surface area (Å²) in [5.74, 6) is -0.793. The molecule has 118 valence electrons. The van der Waals surface area contributed by atoms with Gasteiger partial charge in [-0.1, -0.05) is 12.2 Å². The molecule has 1 aromatic rings. The number of hydrogen-bond donors (Lipinski definition) is 0. The maximum absolute atomic E-state index is 12.8. The number of fused-ring (bicyclic) bond motifs is 5. The molecule has 2 amide bonds. The quantitative estimate of drug-likeness (QED) is 0.368. The third kappa shape index (κ3) is 1.76. The molecule has 3 aliphatic rings. The Balaban J connectivity index is 1.80. The van der Waals surface area contributed by atoms with Crippen LogP contribution in [-0.2, 0) is 9.59 Å². The van der Waals surface area contributed by atoms with Gasteiger partial charge in [-0.2, -0.15) is 0 Å². The average molecular weight is 314 g/mol. The number of carbonyl (C=O) groups excluding carboxylic acids is 2. The summed E-state index contributed by atoms with van der Waals surface area (Å²) in [7, 11) is 1.40. The van der Waals surface area contributed by atoms with Gasteiger partial charge in [-0.05, 0) is 24.3 Å². The fourth-order valence-corrected chi connectivity index (χ4v) is 4.11. The van der Waals surface area contributed by atoms with Crippen molar-refractivity contribution in [1.82, 2.24) is 0 Å². The Kier molecular flexibility index (Phi) is 2.81. The lowest BCUT2D eigenvalue weighted by atomic mass is 9.85. The van der Waals surface area contributed by atoms with Crippen molar-refractivity contribution in [1.29, 1.82) is 0 Å². The SMILES string of the molecule is COc1ccc([N+](=O)[O-])cc1N1C(=O)[C@@H]2[C@@H](C1=O)[C@H]1C=C[C@H]2C1. The van der Waals surface area contributed by atoms with Gasteiger partial charge in [0.2, 0.25) is 11.8 Å². The molecule has 0 aromatic heterocycles. The highest BCUT2D eigenvalue weighted by molar-refractivity contribution is 6.23. The monoisotopic (exact) mass is 314 g/mol. The van der Waals surface area contributed by atoms with E-state index in [1.807, 2.05) is 12.2 Å². The van der Waals surface area contributed by atoms with Gasteiger partial charge < -0.3 is 4.74 Å². The first kappa shape index (κ1) is 13.9. The molecule has 2 aliphatic carbocycles. The number of nitrogens with zero attached hydrogens (tertiary/aromatic N) is 2. The summed E-state index contributed by atoms with van der Waals surface area (Å²) in [5, 5.41) is 11.0. The largest absolute Gasteiger partial charge is 0.495 e. The number of hydrogen-bond acceptors (Lipinski definition) is 5. The standard InChI is InChI=1S/C16H14N2O5/c1-23-12-5-4-10(18(21)22)7-11(12)17-15(19)13-8-2-3-9(6-8)14(13)16(17)20/h2-5,7-9,13-14H,6H2,1H3/t8-,9-,13-,14-/m0/s1. The summed E-state index contributed by atoms with van der Waals surface area (Å²) in [6, 6.07) is 3.93. The van der Waals surface area contributed by atoms with Crippen molar-refractivity contribution in [3.05, 3.63) is 40.5 Å². The number of anilines is 1. The Morgan fingerprint density at radius 3 is 2.30 bits per heavy atom. The zero-order valence-electron chi connectivity index (χ0n) is 12.3. The fraction of sp³-hybridized carbons (Fsp3) is 0.375. The molecule has 1 heterocycles. The second kappa shape index (κ2) is 4.65. The molecular formula is C16H14N2O5. The minimum atomic E-state index is -0.556. The number of ether oxygens (including phenoxy) is 1. The van der Waals surface area contributed by atoms with Gasteiger partial charge in [-0.25, -0.2) is 4.90 Å². The van der Waals surface area contributed by atoms with E-state index >= 15 is 0 Å². The molecule has 0 unspecified atom stereocenters. The molecule has 0 spiro atoms. The van der Waals surface area contributed by atoms with Crippen LogP contribution in [0.3, 0.4) is 0 Å². The molecule has 23 heavy (non-hydrogen) atoms. The minimum Gasteiger partial charge on any atom is -0.495 e. The highest BCUT2D eigenvalue weighted by Crippen LogP contribution is 2.54. The fourth-order valence-electron chi connectivity index (χ4n) is 4.11. The first-order valence-corrected chi connectivity index (χ1v) is 7.41. The molecule has 0 radical (unpaired) electrons. The van der Waals surface area contributed by atoms with Crippen molar-refractivity contribution in [2.75, 3.05) is 12.0 Å². The molecule has 1 saturated carbocycles. The van der Waals surface area contributed by atoms with Gasteiger partial charge in [0.1, 0.15) is 11.4 Å². The van der Waals surface area contributed by atoms with Crippen LogP contribution in [0.1, 0.15) is 6.42 Å². The molecule has 4 atom stereocenters. The van der Waals surface area contributed by atoms with Gasteiger partial charge in [-0.3, -0.25) is 19.7 Å². The van der Waals surface area contributed by atoms with Crippen LogP contribution in [0, 0.1) is 33.8 Å². The molecule has 7 nitrogen and oxygen atoms in total. The summed E-state index contributed by atoms with van der Waals surface area (Å²) in [5.41, 5.74) is -0.0231. The van der Waals surface area contributed by atoms with Crippen molar-refractivity contribution >= 4 is 23.2 Å². The summed E-state index contributed by atoms with van der Waals surface area (Å²) in [6.45, 7) is 0. The van der Waals surface area contributed by atoms with Crippen LogP contribution in [0.4, 0.5) is 11.4 Å². The molecule has 2 fully saturated rings. The van der Waals surface area contributed by atoms with E-state index < -0.39 is 4.92 Å². The van der Waals surface area contributed by atoms with Gasteiger partial charge in [0.05, 0.1) is 23.9 Å². The molecule has 1 saturated heterocycles. The lowest BCUT2D eigenvalue weighted by Gasteiger charge is -2.19. The Bertz CT molecular complexity index is 742. The van der Waals surface area contributed by atoms with Crippen molar-refractivity contribution in [3.8, 4) is 5.75 Å². The maximum atomic E-state index is 12.8. The van der Waals surface area contributed by atoms with Gasteiger partial charge >= 0.3 is 0 Å². The molecule has 2 bridgehead atoms. The van der Waals surface area contributed by atoms with Crippen LogP contribution < -0.4 is 9.64 Å². The number of benzene rings is 1. The first-order chi connectivity index (χ1) is 11.0. The molecule has 0 N–H and O–H groups in total. The number of allylic oxidation sites excluding steroid dienone is 2. The van der Waals surface area contributed by atoms with E-state index in [-0.39, 0.29) is 52.6 Å². The maximum Gasteiger partial charge on any atom is 0.271 e. The van der Waals surface area contributed by atoms with Crippen LogP contribution in [-0.4, -0.2) is 23.8 Å². The van der Waals surface area contributed by atoms with Crippen LogP contribution in [0.2, 0.25) is 0 Å². The molecule has 7 heteroatoms. The Labute approximate surface area is 131 Å². The van der Waals surface area contributed by atoms with E-state index in [2.05, 4.69) is 0 Å². The molecule has 4 rings (SSSR count). The number of carbonyl (C=O) groups is 2. The van der Waals surface area contributed by atoms with Crippen LogP contribution in [0.25, 0.3) is 0 Å². The predicted molar refractivity (Wildman–Crippen MR) is 79.9 cm³/mol. The Hall–Kier alpha value is -2.70.